The molecule has 104 valence electrons. The van der Waals surface area contributed by atoms with Crippen LogP contribution in [0.15, 0.2) is 46.9 Å². The molecule has 0 aliphatic heterocycles. The molecule has 20 heavy (non-hydrogen) atoms. The maximum Gasteiger partial charge on any atom is 0.244 e. The van der Waals surface area contributed by atoms with Crippen LogP contribution < -0.4 is 5.32 Å². The summed E-state index contributed by atoms with van der Waals surface area (Å²) in [4.78, 5) is 13.6. The predicted octanol–water partition coefficient (Wildman–Crippen LogP) is 3.30. The van der Waals surface area contributed by atoms with Crippen molar-refractivity contribution >= 4 is 39.2 Å². The van der Waals surface area contributed by atoms with Gasteiger partial charge in [0.05, 0.1) is 6.61 Å². The lowest BCUT2D eigenvalue weighted by atomic mass is 10.2. The van der Waals surface area contributed by atoms with Crippen LogP contribution in [0.4, 0.5) is 0 Å². The molecule has 1 aromatic carbocycles. The standard InChI is InChI=1S/C15H14BrNO2S/c16-12-3-1-2-11(10-12)14-6-4-13(20-14)5-7-15(19)17-8-9-18/h1-7,10,18H,8-9H2,(H,17,19)/b7-5+. The van der Waals surface area contributed by atoms with E-state index in [9.17, 15) is 4.79 Å². The van der Waals surface area contributed by atoms with E-state index in [0.717, 1.165) is 19.8 Å². The van der Waals surface area contributed by atoms with Gasteiger partial charge in [0.1, 0.15) is 0 Å². The molecular weight excluding hydrogens is 338 g/mol. The molecule has 5 heteroatoms. The third kappa shape index (κ3) is 4.30. The number of benzene rings is 1. The minimum absolute atomic E-state index is 0.0500. The van der Waals surface area contributed by atoms with Crippen molar-refractivity contribution in [2.24, 2.45) is 0 Å². The van der Waals surface area contributed by atoms with Crippen LogP contribution in [0.2, 0.25) is 0 Å². The topological polar surface area (TPSA) is 49.3 Å². The van der Waals surface area contributed by atoms with Crippen molar-refractivity contribution < 1.29 is 9.90 Å². The van der Waals surface area contributed by atoms with Gasteiger partial charge < -0.3 is 10.4 Å². The van der Waals surface area contributed by atoms with Gasteiger partial charge in [0.25, 0.3) is 0 Å². The minimum Gasteiger partial charge on any atom is -0.395 e. The Balaban J connectivity index is 2.06. The summed E-state index contributed by atoms with van der Waals surface area (Å²) in [5.41, 5.74) is 1.15. The summed E-state index contributed by atoms with van der Waals surface area (Å²) in [7, 11) is 0. The number of hydrogen-bond acceptors (Lipinski definition) is 3. The van der Waals surface area contributed by atoms with E-state index in [-0.39, 0.29) is 19.1 Å². The molecule has 0 aliphatic rings. The highest BCUT2D eigenvalue weighted by molar-refractivity contribution is 9.10. The van der Waals surface area contributed by atoms with Gasteiger partial charge in [-0.3, -0.25) is 4.79 Å². The smallest absolute Gasteiger partial charge is 0.244 e. The highest BCUT2D eigenvalue weighted by Gasteiger charge is 2.02. The Morgan fingerprint density at radius 1 is 1.35 bits per heavy atom. The van der Waals surface area contributed by atoms with Gasteiger partial charge in [-0.15, -0.1) is 11.3 Å². The zero-order valence-electron chi connectivity index (χ0n) is 10.7. The van der Waals surface area contributed by atoms with Crippen molar-refractivity contribution in [3.63, 3.8) is 0 Å². The lowest BCUT2D eigenvalue weighted by Crippen LogP contribution is -2.24. The Labute approximate surface area is 130 Å². The average molecular weight is 352 g/mol. The first-order valence-corrected chi connectivity index (χ1v) is 7.72. The van der Waals surface area contributed by atoms with E-state index >= 15 is 0 Å². The Kier molecular flexibility index (Phi) is 5.52. The number of nitrogens with one attached hydrogen (secondary N) is 1. The van der Waals surface area contributed by atoms with Gasteiger partial charge in [-0.2, -0.15) is 0 Å². The molecule has 2 rings (SSSR count). The van der Waals surface area contributed by atoms with Gasteiger partial charge in [-0.25, -0.2) is 0 Å². The monoisotopic (exact) mass is 351 g/mol. The van der Waals surface area contributed by atoms with Crippen LogP contribution in [0.1, 0.15) is 4.88 Å². The van der Waals surface area contributed by atoms with Crippen LogP contribution in [0, 0.1) is 0 Å². The lowest BCUT2D eigenvalue weighted by Gasteiger charge is -1.97. The fraction of sp³-hybridized carbons (Fsp3) is 0.133. The van der Waals surface area contributed by atoms with Crippen molar-refractivity contribution in [1.82, 2.24) is 5.32 Å². The van der Waals surface area contributed by atoms with E-state index in [1.54, 1.807) is 17.4 Å². The highest BCUT2D eigenvalue weighted by atomic mass is 79.9. The number of carbonyl (C=O) groups excluding carboxylic acids is 1. The largest absolute Gasteiger partial charge is 0.395 e. The molecule has 2 N–H and O–H groups in total. The first kappa shape index (κ1) is 15.0. The van der Waals surface area contributed by atoms with Crippen LogP contribution >= 0.6 is 27.3 Å². The molecule has 2 aromatic rings. The predicted molar refractivity (Wildman–Crippen MR) is 86.6 cm³/mol. The van der Waals surface area contributed by atoms with Crippen molar-refractivity contribution in [3.8, 4) is 10.4 Å². The number of aliphatic hydroxyl groups excluding tert-OH is 1. The van der Waals surface area contributed by atoms with Crippen LogP contribution in [-0.2, 0) is 4.79 Å². The van der Waals surface area contributed by atoms with Gasteiger partial charge in [-0.05, 0) is 35.9 Å². The minimum atomic E-state index is -0.198. The zero-order valence-corrected chi connectivity index (χ0v) is 13.1. The van der Waals surface area contributed by atoms with E-state index in [1.807, 2.05) is 24.3 Å². The molecule has 1 heterocycles. The number of thiophene rings is 1. The fourth-order valence-electron chi connectivity index (χ4n) is 1.64. The molecule has 1 aromatic heterocycles. The summed E-state index contributed by atoms with van der Waals surface area (Å²) in [5.74, 6) is -0.198. The van der Waals surface area contributed by atoms with E-state index in [4.69, 9.17) is 5.11 Å². The number of aliphatic hydroxyl groups is 1. The van der Waals surface area contributed by atoms with Gasteiger partial charge in [0, 0.05) is 26.8 Å². The number of rotatable bonds is 5. The van der Waals surface area contributed by atoms with Gasteiger partial charge in [0.15, 0.2) is 0 Å². The average Bonchev–Trinajstić information content (AvgIpc) is 2.92. The van der Waals surface area contributed by atoms with Crippen LogP contribution in [0.5, 0.6) is 0 Å². The number of amides is 1. The van der Waals surface area contributed by atoms with Crippen molar-refractivity contribution in [2.75, 3.05) is 13.2 Å². The highest BCUT2D eigenvalue weighted by Crippen LogP contribution is 2.30. The van der Waals surface area contributed by atoms with Gasteiger partial charge in [0.2, 0.25) is 5.91 Å². The second kappa shape index (κ2) is 7.38. The summed E-state index contributed by atoms with van der Waals surface area (Å²) in [6, 6.07) is 12.1. The number of hydrogen-bond donors (Lipinski definition) is 2. The normalized spacial score (nSPS) is 10.9. The fourth-order valence-corrected chi connectivity index (χ4v) is 2.94. The zero-order chi connectivity index (χ0) is 14.4. The molecular formula is C15H14BrNO2S. The van der Waals surface area contributed by atoms with Crippen LogP contribution in [0.25, 0.3) is 16.5 Å². The van der Waals surface area contributed by atoms with Crippen molar-refractivity contribution in [2.45, 2.75) is 0 Å². The molecule has 3 nitrogen and oxygen atoms in total. The van der Waals surface area contributed by atoms with E-state index in [2.05, 4.69) is 33.4 Å². The molecule has 0 aliphatic carbocycles. The Bertz CT molecular complexity index is 622. The molecule has 0 saturated carbocycles. The van der Waals surface area contributed by atoms with E-state index in [1.165, 1.54) is 6.08 Å². The van der Waals surface area contributed by atoms with Crippen LogP contribution in [-0.4, -0.2) is 24.2 Å². The third-order valence-corrected chi connectivity index (χ3v) is 4.14. The van der Waals surface area contributed by atoms with Crippen LogP contribution in [0.3, 0.4) is 0 Å². The maximum atomic E-state index is 11.4. The van der Waals surface area contributed by atoms with Gasteiger partial charge in [-0.1, -0.05) is 28.1 Å². The first-order valence-electron chi connectivity index (χ1n) is 6.11. The first-order chi connectivity index (χ1) is 9.69. The maximum absolute atomic E-state index is 11.4. The number of carbonyl (C=O) groups is 1. The Morgan fingerprint density at radius 3 is 2.95 bits per heavy atom. The number of halogens is 1. The van der Waals surface area contributed by atoms with Gasteiger partial charge >= 0.3 is 0 Å². The second-order valence-electron chi connectivity index (χ2n) is 4.06. The summed E-state index contributed by atoms with van der Waals surface area (Å²) < 4.78 is 1.05. The van der Waals surface area contributed by atoms with E-state index < -0.39 is 0 Å². The Hall–Kier alpha value is -1.43. The molecule has 0 radical (unpaired) electrons. The molecule has 0 saturated heterocycles. The van der Waals surface area contributed by atoms with Crippen molar-refractivity contribution in [3.05, 3.63) is 51.8 Å². The molecule has 0 bridgehead atoms. The molecule has 0 unspecified atom stereocenters. The SMILES string of the molecule is O=C(/C=C/c1ccc(-c2cccc(Br)c2)s1)NCCO. The quantitative estimate of drug-likeness (QED) is 0.812. The molecule has 0 fully saturated rings. The Morgan fingerprint density at radius 2 is 2.20 bits per heavy atom. The third-order valence-electron chi connectivity index (χ3n) is 2.55. The summed E-state index contributed by atoms with van der Waals surface area (Å²) in [5, 5.41) is 11.2. The molecule has 0 atom stereocenters. The second-order valence-corrected chi connectivity index (χ2v) is 6.09. The molecule has 1 amide bonds. The lowest BCUT2D eigenvalue weighted by molar-refractivity contribution is -0.116. The molecule has 0 spiro atoms. The van der Waals surface area contributed by atoms with E-state index in [0.29, 0.717) is 0 Å². The summed E-state index contributed by atoms with van der Waals surface area (Å²) in [6.45, 7) is 0.225. The summed E-state index contributed by atoms with van der Waals surface area (Å²) >= 11 is 5.08. The summed E-state index contributed by atoms with van der Waals surface area (Å²) in [6.07, 6.45) is 3.26. The van der Waals surface area contributed by atoms with Crippen molar-refractivity contribution in [1.29, 1.82) is 0 Å².